The van der Waals surface area contributed by atoms with Gasteiger partial charge in [0.2, 0.25) is 5.91 Å². The summed E-state index contributed by atoms with van der Waals surface area (Å²) in [6, 6.07) is 8.32. The maximum absolute atomic E-state index is 13.2. The van der Waals surface area contributed by atoms with E-state index in [4.69, 9.17) is 0 Å². The molecule has 0 radical (unpaired) electrons. The molecule has 0 spiro atoms. The van der Waals surface area contributed by atoms with Gasteiger partial charge in [0.15, 0.2) is 9.84 Å². The predicted octanol–water partition coefficient (Wildman–Crippen LogP) is 5.54. The van der Waals surface area contributed by atoms with E-state index in [1.54, 1.807) is 35.2 Å². The van der Waals surface area contributed by atoms with Crippen LogP contribution in [0.1, 0.15) is 78.1 Å². The van der Waals surface area contributed by atoms with Crippen LogP contribution >= 0.6 is 0 Å². The summed E-state index contributed by atoms with van der Waals surface area (Å²) in [6.07, 6.45) is 15.4. The van der Waals surface area contributed by atoms with Crippen LogP contribution in [0, 0.1) is 0 Å². The summed E-state index contributed by atoms with van der Waals surface area (Å²) in [6.45, 7) is 4.27. The maximum atomic E-state index is 13.2. The molecule has 162 valence electrons. The fourth-order valence-corrected chi connectivity index (χ4v) is 6.04. The van der Waals surface area contributed by atoms with Crippen molar-refractivity contribution in [1.82, 2.24) is 4.90 Å². The van der Waals surface area contributed by atoms with Gasteiger partial charge in [0.25, 0.3) is 0 Å². The number of hydrogen-bond donors (Lipinski definition) is 0. The molecule has 1 aromatic rings. The Bertz CT molecular complexity index is 743. The third-order valence-electron chi connectivity index (χ3n) is 5.85. The second kappa shape index (κ2) is 12.2. The Kier molecular flexibility index (Phi) is 9.92. The van der Waals surface area contributed by atoms with Crippen molar-refractivity contribution in [3.63, 3.8) is 0 Å². The molecule has 0 saturated heterocycles. The number of hydrogen-bond acceptors (Lipinski definition) is 3. The predicted molar refractivity (Wildman–Crippen MR) is 120 cm³/mol. The molecule has 1 heterocycles. The number of sulfone groups is 1. The maximum Gasteiger partial charge on any atom is 0.220 e. The molecule has 0 saturated carbocycles. The van der Waals surface area contributed by atoms with Crippen LogP contribution in [-0.2, 0) is 14.6 Å². The van der Waals surface area contributed by atoms with Gasteiger partial charge in [0.1, 0.15) is 5.25 Å². The van der Waals surface area contributed by atoms with E-state index >= 15 is 0 Å². The number of unbranched alkanes of at least 4 members (excludes halogenated alkanes) is 8. The minimum absolute atomic E-state index is 0.0523. The van der Waals surface area contributed by atoms with Crippen molar-refractivity contribution in [1.29, 1.82) is 0 Å². The number of rotatable bonds is 12. The third kappa shape index (κ3) is 6.98. The molecule has 0 bridgehead atoms. The van der Waals surface area contributed by atoms with E-state index in [0.29, 0.717) is 11.4 Å². The molecule has 4 nitrogen and oxygen atoms in total. The van der Waals surface area contributed by atoms with Gasteiger partial charge >= 0.3 is 0 Å². The molecule has 0 fully saturated rings. The van der Waals surface area contributed by atoms with Gasteiger partial charge in [0.05, 0.1) is 10.9 Å². The minimum atomic E-state index is -3.52. The molecule has 2 rings (SSSR count). The molecule has 1 aliphatic rings. The molecule has 0 N–H and O–H groups in total. The van der Waals surface area contributed by atoms with Crippen LogP contribution in [0.4, 0.5) is 0 Å². The van der Waals surface area contributed by atoms with E-state index in [-0.39, 0.29) is 11.9 Å². The third-order valence-corrected chi connectivity index (χ3v) is 7.96. The first-order valence-electron chi connectivity index (χ1n) is 11.2. The van der Waals surface area contributed by atoms with Gasteiger partial charge in [-0.05, 0) is 18.6 Å². The zero-order chi connectivity index (χ0) is 21.1. The quantitative estimate of drug-likeness (QED) is 0.330. The number of nitrogens with zero attached hydrogens (tertiary/aromatic N) is 1. The average molecular weight is 420 g/mol. The van der Waals surface area contributed by atoms with Gasteiger partial charge in [-0.15, -0.1) is 0 Å². The summed E-state index contributed by atoms with van der Waals surface area (Å²) in [5.41, 5.74) is 0. The van der Waals surface area contributed by atoms with Crippen molar-refractivity contribution >= 4 is 15.7 Å². The van der Waals surface area contributed by atoms with Crippen LogP contribution in [0.5, 0.6) is 0 Å². The molecule has 1 amide bonds. The Morgan fingerprint density at radius 2 is 1.55 bits per heavy atom. The van der Waals surface area contributed by atoms with Gasteiger partial charge < -0.3 is 4.90 Å². The van der Waals surface area contributed by atoms with Crippen LogP contribution < -0.4 is 0 Å². The van der Waals surface area contributed by atoms with Crippen LogP contribution in [-0.4, -0.2) is 37.1 Å². The topological polar surface area (TPSA) is 54.5 Å². The minimum Gasteiger partial charge on any atom is -0.335 e. The lowest BCUT2D eigenvalue weighted by Gasteiger charge is -2.37. The van der Waals surface area contributed by atoms with Crippen LogP contribution in [0.2, 0.25) is 0 Å². The van der Waals surface area contributed by atoms with E-state index < -0.39 is 15.1 Å². The molecular formula is C24H37NO3S. The molecular weight excluding hydrogens is 382 g/mol. The van der Waals surface area contributed by atoms with Crippen molar-refractivity contribution in [3.05, 3.63) is 42.5 Å². The Morgan fingerprint density at radius 1 is 0.966 bits per heavy atom. The van der Waals surface area contributed by atoms with Crippen molar-refractivity contribution in [2.75, 3.05) is 6.54 Å². The second-order valence-corrected chi connectivity index (χ2v) is 10.2. The summed E-state index contributed by atoms with van der Waals surface area (Å²) < 4.78 is 26.5. The summed E-state index contributed by atoms with van der Waals surface area (Å²) in [5, 5.41) is -0.670. The standard InChI is InChI=1S/C24H37NO3S/c1-3-4-5-6-7-8-9-10-14-18-23-24(19-15-20-25(23)21(2)26)29(27,28)22-16-12-11-13-17-22/h11-13,15-17,19,23-24H,3-10,14,18,20H2,1-2H3/t23-,24+/m1/s1. The highest BCUT2D eigenvalue weighted by molar-refractivity contribution is 7.92. The SMILES string of the molecule is CCCCCCCCCCC[C@@H]1[C@@H](S(=O)(=O)c2ccccc2)C=CCN1C(C)=O. The Hall–Kier alpha value is -1.62. The lowest BCUT2D eigenvalue weighted by Crippen LogP contribution is -2.50. The van der Waals surface area contributed by atoms with Crippen LogP contribution in [0.15, 0.2) is 47.4 Å². The Morgan fingerprint density at radius 3 is 2.14 bits per heavy atom. The molecule has 0 aliphatic carbocycles. The van der Waals surface area contributed by atoms with Crippen LogP contribution in [0.25, 0.3) is 0 Å². The van der Waals surface area contributed by atoms with E-state index in [1.807, 2.05) is 12.1 Å². The number of carbonyl (C=O) groups excluding carboxylic acids is 1. The highest BCUT2D eigenvalue weighted by atomic mass is 32.2. The molecule has 1 aromatic carbocycles. The first-order chi connectivity index (χ1) is 14.0. The molecule has 1 aliphatic heterocycles. The molecule has 0 unspecified atom stereocenters. The number of amides is 1. The van der Waals surface area contributed by atoms with Gasteiger partial charge in [0, 0.05) is 13.5 Å². The number of carbonyl (C=O) groups is 1. The lowest BCUT2D eigenvalue weighted by atomic mass is 9.99. The second-order valence-electron chi connectivity index (χ2n) is 8.11. The van der Waals surface area contributed by atoms with Crippen molar-refractivity contribution in [3.8, 4) is 0 Å². The van der Waals surface area contributed by atoms with Crippen molar-refractivity contribution < 1.29 is 13.2 Å². The van der Waals surface area contributed by atoms with Gasteiger partial charge in [-0.2, -0.15) is 0 Å². The number of benzene rings is 1. The van der Waals surface area contributed by atoms with E-state index in [2.05, 4.69) is 6.92 Å². The zero-order valence-electron chi connectivity index (χ0n) is 18.1. The van der Waals surface area contributed by atoms with Crippen molar-refractivity contribution in [2.24, 2.45) is 0 Å². The van der Waals surface area contributed by atoms with Gasteiger partial charge in [-0.1, -0.05) is 95.1 Å². The van der Waals surface area contributed by atoms with E-state index in [9.17, 15) is 13.2 Å². The molecule has 5 heteroatoms. The fourth-order valence-electron chi connectivity index (χ4n) is 4.17. The fraction of sp³-hybridized carbons (Fsp3) is 0.625. The molecule has 0 aromatic heterocycles. The highest BCUT2D eigenvalue weighted by Gasteiger charge is 2.38. The highest BCUT2D eigenvalue weighted by Crippen LogP contribution is 2.28. The summed E-state index contributed by atoms with van der Waals surface area (Å²) in [7, 11) is -3.52. The van der Waals surface area contributed by atoms with Gasteiger partial charge in [-0.25, -0.2) is 8.42 Å². The first-order valence-corrected chi connectivity index (χ1v) is 12.8. The Labute approximate surface area is 177 Å². The monoisotopic (exact) mass is 419 g/mol. The normalized spacial score (nSPS) is 19.4. The van der Waals surface area contributed by atoms with E-state index in [0.717, 1.165) is 19.3 Å². The van der Waals surface area contributed by atoms with Gasteiger partial charge in [-0.3, -0.25) is 4.79 Å². The lowest BCUT2D eigenvalue weighted by molar-refractivity contribution is -0.130. The molecule has 29 heavy (non-hydrogen) atoms. The first kappa shape index (κ1) is 23.7. The summed E-state index contributed by atoms with van der Waals surface area (Å²) >= 11 is 0. The van der Waals surface area contributed by atoms with Crippen LogP contribution in [0.3, 0.4) is 0 Å². The zero-order valence-corrected chi connectivity index (χ0v) is 18.9. The Balaban J connectivity index is 1.95. The van der Waals surface area contributed by atoms with Crippen molar-refractivity contribution in [2.45, 2.75) is 94.2 Å². The summed E-state index contributed by atoms with van der Waals surface area (Å²) in [4.78, 5) is 14.2. The smallest absolute Gasteiger partial charge is 0.220 e. The molecule has 2 atom stereocenters. The van der Waals surface area contributed by atoms with E-state index in [1.165, 1.54) is 51.9 Å². The average Bonchev–Trinajstić information content (AvgIpc) is 2.73. The summed E-state index contributed by atoms with van der Waals surface area (Å²) in [5.74, 6) is -0.0523. The largest absolute Gasteiger partial charge is 0.335 e.